The molecule has 1 saturated heterocycles. The van der Waals surface area contributed by atoms with Crippen LogP contribution in [0, 0.1) is 12.8 Å². The molecule has 0 radical (unpaired) electrons. The van der Waals surface area contributed by atoms with Crippen molar-refractivity contribution in [1.82, 2.24) is 14.9 Å². The normalized spacial score (nSPS) is 21.5. The van der Waals surface area contributed by atoms with Crippen LogP contribution in [-0.4, -0.2) is 45.1 Å². The van der Waals surface area contributed by atoms with Gasteiger partial charge >= 0.3 is 0 Å². The van der Waals surface area contributed by atoms with E-state index < -0.39 is 6.10 Å². The summed E-state index contributed by atoms with van der Waals surface area (Å²) in [7, 11) is 0. The molecule has 1 amide bonds. The van der Waals surface area contributed by atoms with Gasteiger partial charge in [-0.25, -0.2) is 4.98 Å². The van der Waals surface area contributed by atoms with Crippen molar-refractivity contribution in [1.29, 1.82) is 0 Å². The van der Waals surface area contributed by atoms with Crippen LogP contribution >= 0.6 is 11.6 Å². The Morgan fingerprint density at radius 3 is 2.96 bits per heavy atom. The van der Waals surface area contributed by atoms with Gasteiger partial charge in [0.05, 0.1) is 6.10 Å². The number of likely N-dealkylation sites (tertiary alicyclic amines) is 1. The van der Waals surface area contributed by atoms with Gasteiger partial charge in [-0.05, 0) is 31.4 Å². The number of rotatable bonds is 2. The molecule has 2 atom stereocenters. The number of piperidine rings is 1. The number of aryl methyl sites for hydroxylation is 1. The number of amides is 1. The summed E-state index contributed by atoms with van der Waals surface area (Å²) < 4.78 is 0. The molecular weight excluding hydrogens is 314 g/mol. The van der Waals surface area contributed by atoms with E-state index in [1.54, 1.807) is 17.0 Å². The van der Waals surface area contributed by atoms with Crippen molar-refractivity contribution in [2.24, 2.45) is 5.92 Å². The Morgan fingerprint density at radius 2 is 2.26 bits per heavy atom. The smallest absolute Gasteiger partial charge is 0.274 e. The minimum atomic E-state index is -0.473. The van der Waals surface area contributed by atoms with Gasteiger partial charge in [0.2, 0.25) is 0 Å². The summed E-state index contributed by atoms with van der Waals surface area (Å²) in [6.45, 7) is 4.84. The van der Waals surface area contributed by atoms with E-state index in [-0.39, 0.29) is 11.8 Å². The second-order valence-electron chi connectivity index (χ2n) is 6.15. The van der Waals surface area contributed by atoms with Crippen LogP contribution in [0.3, 0.4) is 0 Å². The number of nitrogens with zero attached hydrogens (tertiary/aromatic N) is 2. The molecule has 6 heteroatoms. The predicted octanol–water partition coefficient (Wildman–Crippen LogP) is 2.88. The zero-order chi connectivity index (χ0) is 16.6. The van der Waals surface area contributed by atoms with E-state index in [1.165, 1.54) is 0 Å². The van der Waals surface area contributed by atoms with Crippen molar-refractivity contribution >= 4 is 17.5 Å². The second-order valence-corrected chi connectivity index (χ2v) is 6.59. The largest absolute Gasteiger partial charge is 0.391 e. The molecule has 1 aromatic carbocycles. The Balaban J connectivity index is 1.85. The molecule has 2 heterocycles. The van der Waals surface area contributed by atoms with Crippen LogP contribution in [-0.2, 0) is 0 Å². The quantitative estimate of drug-likeness (QED) is 0.887. The number of β-amino-alcohol motifs (C(OH)–C–C–N with tert-alkyl or cyclic N) is 1. The van der Waals surface area contributed by atoms with E-state index in [2.05, 4.69) is 9.97 Å². The fraction of sp³-hybridized carbons (Fsp3) is 0.412. The predicted molar refractivity (Wildman–Crippen MR) is 89.5 cm³/mol. The van der Waals surface area contributed by atoms with Gasteiger partial charge in [0.25, 0.3) is 5.91 Å². The second kappa shape index (κ2) is 6.34. The van der Waals surface area contributed by atoms with Gasteiger partial charge in [0.1, 0.15) is 11.5 Å². The Labute approximate surface area is 140 Å². The molecule has 23 heavy (non-hydrogen) atoms. The van der Waals surface area contributed by atoms with E-state index in [1.807, 2.05) is 26.0 Å². The number of H-pyrrole nitrogens is 1. The molecule has 3 rings (SSSR count). The van der Waals surface area contributed by atoms with E-state index in [4.69, 9.17) is 11.6 Å². The molecule has 0 bridgehead atoms. The van der Waals surface area contributed by atoms with Crippen LogP contribution in [0.25, 0.3) is 11.4 Å². The van der Waals surface area contributed by atoms with Gasteiger partial charge in [0, 0.05) is 29.4 Å². The summed E-state index contributed by atoms with van der Waals surface area (Å²) in [5.41, 5.74) is 1.96. The number of imidazole rings is 1. The molecule has 2 unspecified atom stereocenters. The summed E-state index contributed by atoms with van der Waals surface area (Å²) in [5.74, 6) is 0.707. The highest BCUT2D eigenvalue weighted by molar-refractivity contribution is 6.30. The first-order valence-corrected chi connectivity index (χ1v) is 8.13. The summed E-state index contributed by atoms with van der Waals surface area (Å²) in [5, 5.41) is 10.6. The van der Waals surface area contributed by atoms with Gasteiger partial charge in [-0.1, -0.05) is 30.7 Å². The maximum Gasteiger partial charge on any atom is 0.274 e. The Hall–Kier alpha value is -1.85. The number of aromatic nitrogens is 2. The zero-order valence-corrected chi connectivity index (χ0v) is 14.0. The molecule has 0 spiro atoms. The highest BCUT2D eigenvalue weighted by Crippen LogP contribution is 2.24. The van der Waals surface area contributed by atoms with E-state index in [0.717, 1.165) is 17.7 Å². The first-order chi connectivity index (χ1) is 11.0. The molecule has 5 nitrogen and oxygen atoms in total. The first-order valence-electron chi connectivity index (χ1n) is 7.75. The molecule has 0 aliphatic carbocycles. The number of halogens is 1. The van der Waals surface area contributed by atoms with E-state index in [9.17, 15) is 9.90 Å². The highest BCUT2D eigenvalue weighted by Gasteiger charge is 2.29. The lowest BCUT2D eigenvalue weighted by Gasteiger charge is -2.33. The number of hydrogen-bond acceptors (Lipinski definition) is 3. The van der Waals surface area contributed by atoms with Gasteiger partial charge in [-0.2, -0.15) is 0 Å². The van der Waals surface area contributed by atoms with Crippen molar-refractivity contribution < 1.29 is 9.90 Å². The SMILES string of the molecule is Cc1[nH]c(-c2cccc(Cl)c2)nc1C(=O)N1CCC(C)C(O)C1. The number of aromatic amines is 1. The van der Waals surface area contributed by atoms with Crippen LogP contribution in [0.15, 0.2) is 24.3 Å². The zero-order valence-electron chi connectivity index (χ0n) is 13.2. The molecule has 2 N–H and O–H groups in total. The first kappa shape index (κ1) is 16.0. The number of aliphatic hydroxyl groups is 1. The Bertz CT molecular complexity index is 728. The van der Waals surface area contributed by atoms with Crippen molar-refractivity contribution in [2.75, 3.05) is 13.1 Å². The Kier molecular flexibility index (Phi) is 4.41. The fourth-order valence-electron chi connectivity index (χ4n) is 2.82. The molecule has 1 aliphatic rings. The molecular formula is C17H20ClN3O2. The summed E-state index contributed by atoms with van der Waals surface area (Å²) in [6.07, 6.45) is 0.330. The third kappa shape index (κ3) is 3.26. The summed E-state index contributed by atoms with van der Waals surface area (Å²) >= 11 is 6.01. The summed E-state index contributed by atoms with van der Waals surface area (Å²) in [4.78, 5) is 22.0. The lowest BCUT2D eigenvalue weighted by atomic mass is 9.96. The van der Waals surface area contributed by atoms with Gasteiger partial charge in [-0.3, -0.25) is 4.79 Å². The van der Waals surface area contributed by atoms with Crippen molar-refractivity contribution in [3.05, 3.63) is 40.7 Å². The van der Waals surface area contributed by atoms with Crippen LogP contribution < -0.4 is 0 Å². The fourth-order valence-corrected chi connectivity index (χ4v) is 3.01. The number of hydrogen-bond donors (Lipinski definition) is 2. The number of nitrogens with one attached hydrogen (secondary N) is 1. The topological polar surface area (TPSA) is 69.2 Å². The molecule has 2 aromatic rings. The number of aliphatic hydroxyl groups excluding tert-OH is 1. The van der Waals surface area contributed by atoms with E-state index in [0.29, 0.717) is 29.6 Å². The molecule has 1 fully saturated rings. The standard InChI is InChI=1S/C17H20ClN3O2/c1-10-6-7-21(9-14(10)22)17(23)15-11(2)19-16(20-15)12-4-3-5-13(18)8-12/h3-5,8,10,14,22H,6-7,9H2,1-2H3,(H,19,20). The maximum atomic E-state index is 12.7. The molecule has 0 saturated carbocycles. The molecule has 1 aliphatic heterocycles. The third-order valence-electron chi connectivity index (χ3n) is 4.39. The van der Waals surface area contributed by atoms with E-state index >= 15 is 0 Å². The van der Waals surface area contributed by atoms with Gasteiger partial charge < -0.3 is 15.0 Å². The van der Waals surface area contributed by atoms with Crippen molar-refractivity contribution in [2.45, 2.75) is 26.4 Å². The molecule has 1 aromatic heterocycles. The minimum Gasteiger partial charge on any atom is -0.391 e. The van der Waals surface area contributed by atoms with Crippen LogP contribution in [0.1, 0.15) is 29.5 Å². The average Bonchev–Trinajstić information content (AvgIpc) is 2.91. The lowest BCUT2D eigenvalue weighted by Crippen LogP contribution is -2.46. The third-order valence-corrected chi connectivity index (χ3v) is 4.63. The lowest BCUT2D eigenvalue weighted by molar-refractivity contribution is 0.0245. The maximum absolute atomic E-state index is 12.7. The minimum absolute atomic E-state index is 0.141. The van der Waals surface area contributed by atoms with Crippen LogP contribution in [0.5, 0.6) is 0 Å². The van der Waals surface area contributed by atoms with Crippen LogP contribution in [0.4, 0.5) is 0 Å². The average molecular weight is 334 g/mol. The molecule has 122 valence electrons. The highest BCUT2D eigenvalue weighted by atomic mass is 35.5. The number of carbonyl (C=O) groups is 1. The number of benzene rings is 1. The number of carbonyl (C=O) groups excluding carboxylic acids is 1. The van der Waals surface area contributed by atoms with Crippen molar-refractivity contribution in [3.63, 3.8) is 0 Å². The van der Waals surface area contributed by atoms with Crippen LogP contribution in [0.2, 0.25) is 5.02 Å². The van der Waals surface area contributed by atoms with Crippen molar-refractivity contribution in [3.8, 4) is 11.4 Å². The van der Waals surface area contributed by atoms with Gasteiger partial charge in [0.15, 0.2) is 0 Å². The van der Waals surface area contributed by atoms with Gasteiger partial charge in [-0.15, -0.1) is 0 Å². The monoisotopic (exact) mass is 333 g/mol. The Morgan fingerprint density at radius 1 is 1.48 bits per heavy atom. The summed E-state index contributed by atoms with van der Waals surface area (Å²) in [6, 6.07) is 7.34.